The van der Waals surface area contributed by atoms with E-state index in [4.69, 9.17) is 4.74 Å². The number of hydrogen-bond donors (Lipinski definition) is 3. The lowest BCUT2D eigenvalue weighted by Crippen LogP contribution is -2.46. The SMILES string of the molecule is CC(C)Oc1ccc(C(=O)CCCCC(=O)N[C@H](CN2CCCC2)[C@H](O)c2ccc(O)cc2)cc1. The minimum Gasteiger partial charge on any atom is -0.508 e. The normalized spacial score (nSPS) is 15.7. The molecule has 0 saturated carbocycles. The van der Waals surface area contributed by atoms with Gasteiger partial charge in [-0.05, 0) is 94.6 Å². The lowest BCUT2D eigenvalue weighted by atomic mass is 10.0. The summed E-state index contributed by atoms with van der Waals surface area (Å²) in [5.41, 5.74) is 1.30. The number of nitrogens with one attached hydrogen (secondary N) is 1. The van der Waals surface area contributed by atoms with E-state index in [0.717, 1.165) is 31.7 Å². The Morgan fingerprint density at radius 1 is 0.971 bits per heavy atom. The fraction of sp³-hybridized carbons (Fsp3) is 0.500. The first kappa shape index (κ1) is 26.7. The van der Waals surface area contributed by atoms with Crippen LogP contribution in [0.15, 0.2) is 48.5 Å². The number of benzene rings is 2. The molecule has 0 radical (unpaired) electrons. The average molecular weight is 483 g/mol. The van der Waals surface area contributed by atoms with Gasteiger partial charge in [-0.3, -0.25) is 9.59 Å². The highest BCUT2D eigenvalue weighted by Crippen LogP contribution is 2.22. The minimum absolute atomic E-state index is 0.0520. The monoisotopic (exact) mass is 482 g/mol. The van der Waals surface area contributed by atoms with Crippen LogP contribution in [0.3, 0.4) is 0 Å². The summed E-state index contributed by atoms with van der Waals surface area (Å²) in [7, 11) is 0. The van der Waals surface area contributed by atoms with Crippen LogP contribution in [-0.4, -0.2) is 58.6 Å². The molecule has 1 fully saturated rings. The van der Waals surface area contributed by atoms with Crippen molar-refractivity contribution < 1.29 is 24.5 Å². The lowest BCUT2D eigenvalue weighted by Gasteiger charge is -2.28. The van der Waals surface area contributed by atoms with E-state index in [-0.39, 0.29) is 23.5 Å². The minimum atomic E-state index is -0.871. The molecule has 2 aromatic carbocycles. The molecule has 0 spiro atoms. The number of phenolic OH excluding ortho intramolecular Hbond substituents is 1. The molecule has 3 rings (SSSR count). The number of carbonyl (C=O) groups is 2. The molecule has 35 heavy (non-hydrogen) atoms. The predicted molar refractivity (Wildman–Crippen MR) is 136 cm³/mol. The zero-order valence-corrected chi connectivity index (χ0v) is 20.8. The van der Waals surface area contributed by atoms with Gasteiger partial charge < -0.3 is 25.2 Å². The summed E-state index contributed by atoms with van der Waals surface area (Å²) in [4.78, 5) is 27.4. The number of ketones is 1. The number of Topliss-reactive ketones (excluding diaryl/α,β-unsaturated/α-hetero) is 1. The number of phenols is 1. The van der Waals surface area contributed by atoms with Crippen molar-refractivity contribution in [2.24, 2.45) is 0 Å². The Kier molecular flexibility index (Phi) is 10.1. The predicted octanol–water partition coefficient (Wildman–Crippen LogP) is 4.24. The number of ether oxygens (including phenoxy) is 1. The first-order valence-electron chi connectivity index (χ1n) is 12.6. The van der Waals surface area contributed by atoms with E-state index in [1.54, 1.807) is 36.4 Å². The summed E-state index contributed by atoms with van der Waals surface area (Å²) in [5, 5.41) is 23.5. The van der Waals surface area contributed by atoms with E-state index in [1.807, 2.05) is 13.8 Å². The zero-order chi connectivity index (χ0) is 25.2. The summed E-state index contributed by atoms with van der Waals surface area (Å²) >= 11 is 0. The first-order chi connectivity index (χ1) is 16.8. The van der Waals surface area contributed by atoms with Crippen molar-refractivity contribution >= 4 is 11.7 Å². The average Bonchev–Trinajstić information content (AvgIpc) is 3.34. The molecule has 1 saturated heterocycles. The molecule has 190 valence electrons. The second-order valence-electron chi connectivity index (χ2n) is 9.54. The highest BCUT2D eigenvalue weighted by atomic mass is 16.5. The van der Waals surface area contributed by atoms with E-state index >= 15 is 0 Å². The van der Waals surface area contributed by atoms with Crippen molar-refractivity contribution in [1.82, 2.24) is 10.2 Å². The maximum atomic E-state index is 12.7. The Morgan fingerprint density at radius 2 is 1.60 bits per heavy atom. The fourth-order valence-electron chi connectivity index (χ4n) is 4.36. The number of nitrogens with zero attached hydrogens (tertiary/aromatic N) is 1. The number of amides is 1. The summed E-state index contributed by atoms with van der Waals surface area (Å²) in [6, 6.07) is 13.2. The van der Waals surface area contributed by atoms with Gasteiger partial charge in [0.15, 0.2) is 5.78 Å². The van der Waals surface area contributed by atoms with Gasteiger partial charge in [0.25, 0.3) is 0 Å². The van der Waals surface area contributed by atoms with Crippen LogP contribution in [0.5, 0.6) is 11.5 Å². The van der Waals surface area contributed by atoms with Crippen LogP contribution in [0.25, 0.3) is 0 Å². The molecule has 2 aromatic rings. The molecule has 7 heteroatoms. The lowest BCUT2D eigenvalue weighted by molar-refractivity contribution is -0.123. The quantitative estimate of drug-likeness (QED) is 0.292. The number of unbranched alkanes of at least 4 members (excludes halogenated alkanes) is 1. The zero-order valence-electron chi connectivity index (χ0n) is 20.8. The Morgan fingerprint density at radius 3 is 2.23 bits per heavy atom. The Bertz CT molecular complexity index is 937. The van der Waals surface area contributed by atoms with Gasteiger partial charge in [0.05, 0.1) is 12.1 Å². The first-order valence-corrected chi connectivity index (χ1v) is 12.6. The third kappa shape index (κ3) is 8.67. The third-order valence-corrected chi connectivity index (χ3v) is 6.22. The molecule has 0 aromatic heterocycles. The Labute approximate surface area is 208 Å². The smallest absolute Gasteiger partial charge is 0.220 e. The van der Waals surface area contributed by atoms with E-state index in [0.29, 0.717) is 43.4 Å². The van der Waals surface area contributed by atoms with Crippen LogP contribution < -0.4 is 10.1 Å². The molecule has 7 nitrogen and oxygen atoms in total. The number of likely N-dealkylation sites (tertiary alicyclic amines) is 1. The Balaban J connectivity index is 1.46. The number of hydrogen-bond acceptors (Lipinski definition) is 6. The van der Waals surface area contributed by atoms with E-state index in [2.05, 4.69) is 10.2 Å². The number of aliphatic hydroxyl groups is 1. The number of carbonyl (C=O) groups excluding carboxylic acids is 2. The molecule has 1 amide bonds. The maximum absolute atomic E-state index is 12.7. The van der Waals surface area contributed by atoms with Gasteiger partial charge in [0.2, 0.25) is 5.91 Å². The molecule has 1 aliphatic heterocycles. The molecule has 3 N–H and O–H groups in total. The Hall–Kier alpha value is -2.90. The van der Waals surface area contributed by atoms with E-state index in [9.17, 15) is 19.8 Å². The number of aliphatic hydroxyl groups excluding tert-OH is 1. The van der Waals surface area contributed by atoms with Crippen LogP contribution >= 0.6 is 0 Å². The second-order valence-corrected chi connectivity index (χ2v) is 9.54. The van der Waals surface area contributed by atoms with E-state index in [1.165, 1.54) is 12.1 Å². The number of aromatic hydroxyl groups is 1. The van der Waals surface area contributed by atoms with Gasteiger partial charge in [-0.2, -0.15) is 0 Å². The molecule has 1 aliphatic rings. The van der Waals surface area contributed by atoms with Crippen LogP contribution in [0.4, 0.5) is 0 Å². The summed E-state index contributed by atoms with van der Waals surface area (Å²) < 4.78 is 5.61. The topological polar surface area (TPSA) is 99.1 Å². The second kappa shape index (κ2) is 13.3. The molecule has 2 atom stereocenters. The highest BCUT2D eigenvalue weighted by Gasteiger charge is 2.26. The van der Waals surface area contributed by atoms with Gasteiger partial charge in [-0.15, -0.1) is 0 Å². The van der Waals surface area contributed by atoms with Crippen LogP contribution in [0.2, 0.25) is 0 Å². The van der Waals surface area contributed by atoms with Crippen molar-refractivity contribution in [2.75, 3.05) is 19.6 Å². The molecule has 1 heterocycles. The van der Waals surface area contributed by atoms with Crippen molar-refractivity contribution in [3.8, 4) is 11.5 Å². The van der Waals surface area contributed by atoms with Gasteiger partial charge in [-0.1, -0.05) is 12.1 Å². The van der Waals surface area contributed by atoms with E-state index < -0.39 is 12.1 Å². The standard InChI is InChI=1S/C28H38N2O5/c1-20(2)35-24-15-11-21(12-16-24)26(32)7-3-4-8-27(33)29-25(19-30-17-5-6-18-30)28(34)22-9-13-23(31)14-10-22/h9-16,20,25,28,31,34H,3-8,17-19H2,1-2H3,(H,29,33)/t25-,28-/m1/s1. The maximum Gasteiger partial charge on any atom is 0.220 e. The van der Waals surface area contributed by atoms with Crippen molar-refractivity contribution in [3.05, 3.63) is 59.7 Å². The van der Waals surface area contributed by atoms with Crippen LogP contribution in [0.1, 0.15) is 74.4 Å². The molecular weight excluding hydrogens is 444 g/mol. The third-order valence-electron chi connectivity index (χ3n) is 6.22. The van der Waals surface area contributed by atoms with Crippen molar-refractivity contribution in [3.63, 3.8) is 0 Å². The number of rotatable bonds is 13. The van der Waals surface area contributed by atoms with Gasteiger partial charge >= 0.3 is 0 Å². The van der Waals surface area contributed by atoms with Crippen LogP contribution in [0, 0.1) is 0 Å². The highest BCUT2D eigenvalue weighted by molar-refractivity contribution is 5.96. The van der Waals surface area contributed by atoms with Crippen molar-refractivity contribution in [1.29, 1.82) is 0 Å². The summed E-state index contributed by atoms with van der Waals surface area (Å²) in [6.07, 6.45) is 3.35. The van der Waals surface area contributed by atoms with Gasteiger partial charge in [-0.25, -0.2) is 0 Å². The molecular formula is C28H38N2O5. The molecule has 0 aliphatic carbocycles. The largest absolute Gasteiger partial charge is 0.508 e. The summed E-state index contributed by atoms with van der Waals surface area (Å²) in [5.74, 6) is 0.799. The summed E-state index contributed by atoms with van der Waals surface area (Å²) in [6.45, 7) is 6.40. The van der Waals surface area contributed by atoms with Crippen LogP contribution in [-0.2, 0) is 4.79 Å². The van der Waals surface area contributed by atoms with Gasteiger partial charge in [0.1, 0.15) is 17.6 Å². The fourth-order valence-corrected chi connectivity index (χ4v) is 4.36. The molecule has 0 bridgehead atoms. The van der Waals surface area contributed by atoms with Gasteiger partial charge in [0, 0.05) is 24.9 Å². The van der Waals surface area contributed by atoms with Crippen molar-refractivity contribution in [2.45, 2.75) is 70.6 Å². The molecule has 0 unspecified atom stereocenters.